The molecule has 0 saturated heterocycles. The molecule has 0 radical (unpaired) electrons. The standard InChI is InChI=1S/C15H13ClN2S/c16-13-7-10(15(17)19)5-6-14(13)18-8-11-3-1-2-4-12(11)9-18/h1-7H,8-9H2,(H2,17,19). The highest BCUT2D eigenvalue weighted by atomic mass is 35.5. The van der Waals surface area contributed by atoms with Crippen molar-refractivity contribution in [2.24, 2.45) is 5.73 Å². The number of benzene rings is 2. The second-order valence-corrected chi connectivity index (χ2v) is 5.50. The van der Waals surface area contributed by atoms with E-state index >= 15 is 0 Å². The number of hydrogen-bond donors (Lipinski definition) is 1. The van der Waals surface area contributed by atoms with Gasteiger partial charge in [0.2, 0.25) is 0 Å². The molecule has 0 aromatic heterocycles. The first-order valence-corrected chi connectivity index (χ1v) is 6.85. The van der Waals surface area contributed by atoms with Gasteiger partial charge in [-0.15, -0.1) is 0 Å². The first-order chi connectivity index (χ1) is 9.15. The van der Waals surface area contributed by atoms with Crippen molar-refractivity contribution in [3.63, 3.8) is 0 Å². The molecule has 0 saturated carbocycles. The molecule has 0 aliphatic carbocycles. The Morgan fingerprint density at radius 3 is 2.26 bits per heavy atom. The lowest BCUT2D eigenvalue weighted by molar-refractivity contribution is 0.880. The maximum absolute atomic E-state index is 6.34. The second kappa shape index (κ2) is 4.83. The maximum Gasteiger partial charge on any atom is 0.104 e. The minimum absolute atomic E-state index is 0.373. The predicted octanol–water partition coefficient (Wildman–Crippen LogP) is 3.49. The van der Waals surface area contributed by atoms with E-state index in [1.807, 2.05) is 18.2 Å². The SMILES string of the molecule is NC(=S)c1ccc(N2Cc3ccccc3C2)c(Cl)c1. The average Bonchev–Trinajstić information content (AvgIpc) is 2.81. The first kappa shape index (κ1) is 12.5. The Balaban J connectivity index is 1.91. The van der Waals surface area contributed by atoms with Crippen LogP contribution in [-0.2, 0) is 13.1 Å². The van der Waals surface area contributed by atoms with Crippen LogP contribution in [0.1, 0.15) is 16.7 Å². The minimum Gasteiger partial charge on any atom is -0.389 e. The normalized spacial score (nSPS) is 13.4. The van der Waals surface area contributed by atoms with Crippen LogP contribution in [0.5, 0.6) is 0 Å². The van der Waals surface area contributed by atoms with Crippen LogP contribution in [0, 0.1) is 0 Å². The summed E-state index contributed by atoms with van der Waals surface area (Å²) in [5, 5.41) is 0.693. The van der Waals surface area contributed by atoms with Crippen LogP contribution in [-0.4, -0.2) is 4.99 Å². The summed E-state index contributed by atoms with van der Waals surface area (Å²) in [6.45, 7) is 1.78. The van der Waals surface area contributed by atoms with Gasteiger partial charge in [-0.2, -0.15) is 0 Å². The van der Waals surface area contributed by atoms with Crippen LogP contribution in [0.4, 0.5) is 5.69 Å². The van der Waals surface area contributed by atoms with E-state index in [0.29, 0.717) is 10.0 Å². The molecule has 1 aliphatic heterocycles. The lowest BCUT2D eigenvalue weighted by Gasteiger charge is -2.19. The van der Waals surface area contributed by atoms with Crippen LogP contribution < -0.4 is 10.6 Å². The van der Waals surface area contributed by atoms with Gasteiger partial charge in [-0.3, -0.25) is 0 Å². The van der Waals surface area contributed by atoms with Gasteiger partial charge in [-0.25, -0.2) is 0 Å². The van der Waals surface area contributed by atoms with Crippen LogP contribution in [0.25, 0.3) is 0 Å². The van der Waals surface area contributed by atoms with Crippen molar-refractivity contribution in [1.82, 2.24) is 0 Å². The highest BCUT2D eigenvalue weighted by Crippen LogP contribution is 2.33. The Kier molecular flexibility index (Phi) is 3.17. The molecule has 1 heterocycles. The number of rotatable bonds is 2. The second-order valence-electron chi connectivity index (χ2n) is 4.66. The molecule has 0 unspecified atom stereocenters. The van der Waals surface area contributed by atoms with Crippen LogP contribution >= 0.6 is 23.8 Å². The van der Waals surface area contributed by atoms with E-state index in [0.717, 1.165) is 24.3 Å². The van der Waals surface area contributed by atoms with E-state index in [2.05, 4.69) is 29.2 Å². The molecular formula is C15H13ClN2S. The molecule has 2 N–H and O–H groups in total. The van der Waals surface area contributed by atoms with Gasteiger partial charge in [-0.1, -0.05) is 48.1 Å². The van der Waals surface area contributed by atoms with E-state index in [1.54, 1.807) is 0 Å². The minimum atomic E-state index is 0.373. The van der Waals surface area contributed by atoms with Gasteiger partial charge in [0, 0.05) is 18.7 Å². The molecule has 4 heteroatoms. The van der Waals surface area contributed by atoms with Gasteiger partial charge in [0.05, 0.1) is 10.7 Å². The zero-order chi connectivity index (χ0) is 13.4. The fraction of sp³-hybridized carbons (Fsp3) is 0.133. The van der Waals surface area contributed by atoms with E-state index in [9.17, 15) is 0 Å². The summed E-state index contributed by atoms with van der Waals surface area (Å²) < 4.78 is 0. The number of halogens is 1. The van der Waals surface area contributed by atoms with E-state index in [1.165, 1.54) is 11.1 Å². The van der Waals surface area contributed by atoms with Crippen molar-refractivity contribution in [1.29, 1.82) is 0 Å². The monoisotopic (exact) mass is 288 g/mol. The Labute approximate surface area is 122 Å². The molecule has 2 nitrogen and oxygen atoms in total. The number of thiocarbonyl (C=S) groups is 1. The van der Waals surface area contributed by atoms with Crippen molar-refractivity contribution >= 4 is 34.5 Å². The lowest BCUT2D eigenvalue weighted by atomic mass is 10.1. The maximum atomic E-state index is 6.34. The molecule has 0 atom stereocenters. The largest absolute Gasteiger partial charge is 0.389 e. The zero-order valence-corrected chi connectivity index (χ0v) is 11.8. The highest BCUT2D eigenvalue weighted by Gasteiger charge is 2.20. The number of anilines is 1. The smallest absolute Gasteiger partial charge is 0.104 e. The quantitative estimate of drug-likeness (QED) is 0.858. The molecule has 1 aliphatic rings. The Morgan fingerprint density at radius 2 is 1.74 bits per heavy atom. The van der Waals surface area contributed by atoms with Gasteiger partial charge in [-0.05, 0) is 29.3 Å². The number of nitrogens with zero attached hydrogens (tertiary/aromatic N) is 1. The number of hydrogen-bond acceptors (Lipinski definition) is 2. The van der Waals surface area contributed by atoms with E-state index < -0.39 is 0 Å². The van der Waals surface area contributed by atoms with Gasteiger partial charge in [0.25, 0.3) is 0 Å². The van der Waals surface area contributed by atoms with Gasteiger partial charge < -0.3 is 10.6 Å². The van der Waals surface area contributed by atoms with Crippen molar-refractivity contribution in [2.75, 3.05) is 4.90 Å². The highest BCUT2D eigenvalue weighted by molar-refractivity contribution is 7.80. The molecule has 3 rings (SSSR count). The van der Waals surface area contributed by atoms with Crippen molar-refractivity contribution < 1.29 is 0 Å². The molecule has 2 aromatic rings. The molecule has 0 spiro atoms. The van der Waals surface area contributed by atoms with Crippen LogP contribution in [0.15, 0.2) is 42.5 Å². The number of fused-ring (bicyclic) bond motifs is 1. The van der Waals surface area contributed by atoms with Crippen LogP contribution in [0.2, 0.25) is 5.02 Å². The molecular weight excluding hydrogens is 276 g/mol. The Hall–Kier alpha value is -1.58. The molecule has 19 heavy (non-hydrogen) atoms. The summed E-state index contributed by atoms with van der Waals surface area (Å²) in [4.78, 5) is 2.63. The van der Waals surface area contributed by atoms with Gasteiger partial charge >= 0.3 is 0 Å². The third-order valence-corrected chi connectivity index (χ3v) is 3.95. The van der Waals surface area contributed by atoms with Crippen LogP contribution in [0.3, 0.4) is 0 Å². The zero-order valence-electron chi connectivity index (χ0n) is 10.3. The molecule has 0 bridgehead atoms. The Morgan fingerprint density at radius 1 is 1.11 bits per heavy atom. The fourth-order valence-corrected chi connectivity index (χ4v) is 2.85. The average molecular weight is 289 g/mol. The van der Waals surface area contributed by atoms with Crippen molar-refractivity contribution in [2.45, 2.75) is 13.1 Å². The molecule has 96 valence electrons. The Bertz CT molecular complexity index is 629. The number of nitrogens with two attached hydrogens (primary N) is 1. The fourth-order valence-electron chi connectivity index (χ4n) is 2.42. The van der Waals surface area contributed by atoms with E-state index in [-0.39, 0.29) is 0 Å². The first-order valence-electron chi connectivity index (χ1n) is 6.06. The van der Waals surface area contributed by atoms with Crippen molar-refractivity contribution in [3.8, 4) is 0 Å². The summed E-state index contributed by atoms with van der Waals surface area (Å²) in [5.74, 6) is 0. The topological polar surface area (TPSA) is 29.3 Å². The summed E-state index contributed by atoms with van der Waals surface area (Å²) in [5.41, 5.74) is 10.2. The third-order valence-electron chi connectivity index (χ3n) is 3.41. The van der Waals surface area contributed by atoms with Gasteiger partial charge in [0.15, 0.2) is 0 Å². The molecule has 2 aromatic carbocycles. The van der Waals surface area contributed by atoms with Crippen molar-refractivity contribution in [3.05, 3.63) is 64.2 Å². The third kappa shape index (κ3) is 2.31. The van der Waals surface area contributed by atoms with E-state index in [4.69, 9.17) is 29.6 Å². The summed E-state index contributed by atoms with van der Waals surface area (Å²) in [7, 11) is 0. The summed E-state index contributed by atoms with van der Waals surface area (Å²) >= 11 is 11.3. The molecule has 0 fully saturated rings. The summed E-state index contributed by atoms with van der Waals surface area (Å²) in [6.07, 6.45) is 0. The summed E-state index contributed by atoms with van der Waals surface area (Å²) in [6, 6.07) is 14.2. The molecule has 0 amide bonds. The van der Waals surface area contributed by atoms with Gasteiger partial charge in [0.1, 0.15) is 4.99 Å². The lowest BCUT2D eigenvalue weighted by Crippen LogP contribution is -2.16. The predicted molar refractivity (Wildman–Crippen MR) is 83.7 cm³/mol.